The quantitative estimate of drug-likeness (QED) is 0.626. The number of methoxy groups -OCH3 is 1. The molecule has 1 aromatic rings. The highest BCUT2D eigenvalue weighted by Gasteiger charge is 2.09. The van der Waals surface area contributed by atoms with E-state index in [1.54, 1.807) is 7.11 Å². The second-order valence-electron chi connectivity index (χ2n) is 2.09. The minimum atomic E-state index is 0.542. The van der Waals surface area contributed by atoms with Gasteiger partial charge in [0.05, 0.1) is 18.4 Å². The molecule has 0 aliphatic carbocycles. The second-order valence-corrected chi connectivity index (χ2v) is 2.09. The molecule has 1 aromatic heterocycles. The van der Waals surface area contributed by atoms with Gasteiger partial charge in [-0.2, -0.15) is 0 Å². The summed E-state index contributed by atoms with van der Waals surface area (Å²) in [5.74, 6) is 0.542. The van der Waals surface area contributed by atoms with Crippen LogP contribution in [-0.4, -0.2) is 12.3 Å². The molecule has 0 saturated heterocycles. The molecule has 0 N–H and O–H groups in total. The Bertz CT molecular complexity index is 217. The van der Waals surface area contributed by atoms with E-state index in [1.807, 2.05) is 13.8 Å². The monoisotopic (exact) mass is 141 g/mol. The maximum atomic E-state index is 4.93. The van der Waals surface area contributed by atoms with Crippen molar-refractivity contribution in [3.63, 3.8) is 0 Å². The summed E-state index contributed by atoms with van der Waals surface area (Å²) in [4.78, 5) is 0. The van der Waals surface area contributed by atoms with Crippen LogP contribution in [0.15, 0.2) is 4.52 Å². The number of hydrogen-bond donors (Lipinski definition) is 0. The van der Waals surface area contributed by atoms with Crippen molar-refractivity contribution in [1.29, 1.82) is 0 Å². The zero-order valence-corrected chi connectivity index (χ0v) is 6.47. The van der Waals surface area contributed by atoms with Gasteiger partial charge in [0.25, 0.3) is 0 Å². The third kappa shape index (κ3) is 0.988. The lowest BCUT2D eigenvalue weighted by Gasteiger charge is -1.93. The number of aromatic nitrogens is 1. The van der Waals surface area contributed by atoms with Gasteiger partial charge in [0, 0.05) is 0 Å². The summed E-state index contributed by atoms with van der Waals surface area (Å²) in [6, 6.07) is 0. The molecule has 10 heavy (non-hydrogen) atoms. The molecule has 0 unspecified atom stereocenters. The van der Waals surface area contributed by atoms with Gasteiger partial charge in [0.15, 0.2) is 0 Å². The van der Waals surface area contributed by atoms with Crippen molar-refractivity contribution in [2.45, 2.75) is 20.3 Å². The molecule has 0 saturated carbocycles. The van der Waals surface area contributed by atoms with Crippen LogP contribution in [0.25, 0.3) is 0 Å². The van der Waals surface area contributed by atoms with Crippen LogP contribution < -0.4 is 4.74 Å². The highest BCUT2D eigenvalue weighted by Crippen LogP contribution is 2.20. The van der Waals surface area contributed by atoms with Crippen molar-refractivity contribution in [3.05, 3.63) is 11.3 Å². The zero-order valence-electron chi connectivity index (χ0n) is 6.47. The van der Waals surface area contributed by atoms with E-state index in [4.69, 9.17) is 9.26 Å². The van der Waals surface area contributed by atoms with Crippen molar-refractivity contribution in [1.82, 2.24) is 5.16 Å². The Balaban J connectivity index is 3.01. The first kappa shape index (κ1) is 7.12. The summed E-state index contributed by atoms with van der Waals surface area (Å²) in [6.07, 6.45) is 0.901. The average molecular weight is 141 g/mol. The maximum absolute atomic E-state index is 4.93. The van der Waals surface area contributed by atoms with Crippen LogP contribution in [0.5, 0.6) is 5.95 Å². The molecule has 0 fully saturated rings. The second kappa shape index (κ2) is 2.73. The van der Waals surface area contributed by atoms with Crippen molar-refractivity contribution < 1.29 is 9.26 Å². The first-order valence-corrected chi connectivity index (χ1v) is 3.28. The minimum Gasteiger partial charge on any atom is -0.467 e. The fourth-order valence-corrected chi connectivity index (χ4v) is 0.928. The number of aryl methyl sites for hydroxylation is 1. The molecule has 0 radical (unpaired) electrons. The summed E-state index contributed by atoms with van der Waals surface area (Å²) < 4.78 is 9.79. The van der Waals surface area contributed by atoms with Gasteiger partial charge in [-0.05, 0) is 13.3 Å². The van der Waals surface area contributed by atoms with Gasteiger partial charge >= 0.3 is 5.95 Å². The standard InChI is InChI=1S/C7H11NO2/c1-4-6-5(2)8-10-7(6)9-3/h4H2,1-3H3. The van der Waals surface area contributed by atoms with Gasteiger partial charge in [-0.1, -0.05) is 12.1 Å². The van der Waals surface area contributed by atoms with Crippen LogP contribution >= 0.6 is 0 Å². The van der Waals surface area contributed by atoms with Crippen LogP contribution in [0.1, 0.15) is 18.2 Å². The summed E-state index contributed by atoms with van der Waals surface area (Å²) in [5.41, 5.74) is 1.97. The van der Waals surface area contributed by atoms with Crippen LogP contribution in [0, 0.1) is 6.92 Å². The number of nitrogens with zero attached hydrogens (tertiary/aromatic N) is 1. The number of ether oxygens (including phenoxy) is 1. The first-order chi connectivity index (χ1) is 4.79. The molecule has 1 rings (SSSR count). The Kier molecular flexibility index (Phi) is 1.94. The first-order valence-electron chi connectivity index (χ1n) is 3.28. The molecule has 0 spiro atoms. The molecular weight excluding hydrogens is 130 g/mol. The van der Waals surface area contributed by atoms with E-state index >= 15 is 0 Å². The van der Waals surface area contributed by atoms with Crippen molar-refractivity contribution in [2.75, 3.05) is 7.11 Å². The largest absolute Gasteiger partial charge is 0.467 e. The molecule has 56 valence electrons. The molecule has 0 amide bonds. The third-order valence-electron chi connectivity index (χ3n) is 1.49. The van der Waals surface area contributed by atoms with E-state index in [2.05, 4.69) is 5.16 Å². The Morgan fingerprint density at radius 2 is 2.30 bits per heavy atom. The van der Waals surface area contributed by atoms with E-state index in [0.717, 1.165) is 17.7 Å². The van der Waals surface area contributed by atoms with Gasteiger partial charge in [-0.3, -0.25) is 0 Å². The fourth-order valence-electron chi connectivity index (χ4n) is 0.928. The lowest BCUT2D eigenvalue weighted by atomic mass is 10.2. The minimum absolute atomic E-state index is 0.542. The average Bonchev–Trinajstić information content (AvgIpc) is 2.30. The van der Waals surface area contributed by atoms with E-state index < -0.39 is 0 Å². The number of hydrogen-bond acceptors (Lipinski definition) is 3. The van der Waals surface area contributed by atoms with Gasteiger partial charge < -0.3 is 9.26 Å². The topological polar surface area (TPSA) is 35.3 Å². The van der Waals surface area contributed by atoms with Crippen LogP contribution in [0.4, 0.5) is 0 Å². The Morgan fingerprint density at radius 1 is 1.60 bits per heavy atom. The van der Waals surface area contributed by atoms with Crippen LogP contribution in [0.3, 0.4) is 0 Å². The molecule has 3 heteroatoms. The Hall–Kier alpha value is -0.990. The molecule has 0 atom stereocenters. The maximum Gasteiger partial charge on any atom is 0.314 e. The molecule has 0 aromatic carbocycles. The van der Waals surface area contributed by atoms with E-state index in [-0.39, 0.29) is 0 Å². The smallest absolute Gasteiger partial charge is 0.314 e. The normalized spacial score (nSPS) is 9.90. The fraction of sp³-hybridized carbons (Fsp3) is 0.571. The van der Waals surface area contributed by atoms with E-state index in [1.165, 1.54) is 0 Å². The predicted molar refractivity (Wildman–Crippen MR) is 37.2 cm³/mol. The lowest BCUT2D eigenvalue weighted by molar-refractivity contribution is 0.257. The Labute approximate surface area is 60.0 Å². The lowest BCUT2D eigenvalue weighted by Crippen LogP contribution is -1.86. The summed E-state index contributed by atoms with van der Waals surface area (Å²) >= 11 is 0. The predicted octanol–water partition coefficient (Wildman–Crippen LogP) is 1.55. The molecule has 0 bridgehead atoms. The molecule has 0 aliphatic rings. The van der Waals surface area contributed by atoms with E-state index in [9.17, 15) is 0 Å². The highest BCUT2D eigenvalue weighted by atomic mass is 16.6. The summed E-state index contributed by atoms with van der Waals surface area (Å²) in [5, 5.41) is 3.76. The van der Waals surface area contributed by atoms with Crippen LogP contribution in [-0.2, 0) is 6.42 Å². The van der Waals surface area contributed by atoms with Gasteiger partial charge in [0.2, 0.25) is 0 Å². The van der Waals surface area contributed by atoms with Crippen molar-refractivity contribution in [3.8, 4) is 5.95 Å². The zero-order chi connectivity index (χ0) is 7.56. The molecule has 1 heterocycles. The highest BCUT2D eigenvalue weighted by molar-refractivity contribution is 5.26. The SMILES string of the molecule is CCc1c(C)noc1OC. The van der Waals surface area contributed by atoms with Gasteiger partial charge in [-0.15, -0.1) is 0 Å². The van der Waals surface area contributed by atoms with E-state index in [0.29, 0.717) is 5.95 Å². The third-order valence-corrected chi connectivity index (χ3v) is 1.49. The van der Waals surface area contributed by atoms with Gasteiger partial charge in [0.1, 0.15) is 0 Å². The summed E-state index contributed by atoms with van der Waals surface area (Å²) in [6.45, 7) is 3.95. The molecule has 3 nitrogen and oxygen atoms in total. The van der Waals surface area contributed by atoms with Crippen molar-refractivity contribution in [2.24, 2.45) is 0 Å². The molecular formula is C7H11NO2. The molecule has 0 aliphatic heterocycles. The van der Waals surface area contributed by atoms with Crippen molar-refractivity contribution >= 4 is 0 Å². The van der Waals surface area contributed by atoms with Gasteiger partial charge in [-0.25, -0.2) is 0 Å². The van der Waals surface area contributed by atoms with Crippen LogP contribution in [0.2, 0.25) is 0 Å². The summed E-state index contributed by atoms with van der Waals surface area (Å²) in [7, 11) is 1.58. The number of rotatable bonds is 2. The Morgan fingerprint density at radius 3 is 2.70 bits per heavy atom.